The molecule has 7 heteroatoms. The molecule has 0 spiro atoms. The fourth-order valence-electron chi connectivity index (χ4n) is 3.89. The lowest BCUT2D eigenvalue weighted by Gasteiger charge is -2.30. The summed E-state index contributed by atoms with van der Waals surface area (Å²) in [6.45, 7) is 0. The van der Waals surface area contributed by atoms with Gasteiger partial charge in [-0.3, -0.25) is 4.57 Å². The maximum absolute atomic E-state index is 15.7. The maximum Gasteiger partial charge on any atom is 0.203 e. The minimum atomic E-state index is -0.598. The summed E-state index contributed by atoms with van der Waals surface area (Å²) < 4.78 is 36.6. The molecule has 152 valence electrons. The third-order valence-corrected chi connectivity index (χ3v) is 6.22. The molecule has 0 N–H and O–H groups in total. The summed E-state index contributed by atoms with van der Waals surface area (Å²) >= 11 is 6.94. The second kappa shape index (κ2) is 7.32. The molecule has 4 aromatic rings. The Kier molecular flexibility index (Phi) is 4.75. The smallest absolute Gasteiger partial charge is 0.203 e. The minimum Gasteiger partial charge on any atom is -0.497 e. The topological polar surface area (TPSA) is 32.6 Å². The van der Waals surface area contributed by atoms with Crippen LogP contribution in [0.15, 0.2) is 63.5 Å². The van der Waals surface area contributed by atoms with Crippen LogP contribution in [0.25, 0.3) is 22.2 Å². The van der Waals surface area contributed by atoms with Gasteiger partial charge in [0.2, 0.25) is 6.23 Å². The van der Waals surface area contributed by atoms with Crippen molar-refractivity contribution in [1.29, 1.82) is 0 Å². The van der Waals surface area contributed by atoms with E-state index in [0.717, 1.165) is 20.0 Å². The molecule has 0 aliphatic carbocycles. The molecule has 1 aliphatic rings. The Morgan fingerprint density at radius 3 is 2.27 bits per heavy atom. The van der Waals surface area contributed by atoms with Crippen LogP contribution in [0.1, 0.15) is 11.8 Å². The summed E-state index contributed by atoms with van der Waals surface area (Å²) in [5.74, 6) is 1.59. The predicted molar refractivity (Wildman–Crippen MR) is 121 cm³/mol. The highest BCUT2D eigenvalue weighted by atomic mass is 79.9. The minimum absolute atomic E-state index is 0.280. The van der Waals surface area contributed by atoms with E-state index in [4.69, 9.17) is 14.2 Å². The number of ether oxygens (including phenoxy) is 3. The van der Waals surface area contributed by atoms with Gasteiger partial charge < -0.3 is 14.2 Å². The number of rotatable bonds is 3. The van der Waals surface area contributed by atoms with E-state index >= 15 is 4.39 Å². The quantitative estimate of drug-likeness (QED) is 0.287. The zero-order chi connectivity index (χ0) is 21.0. The molecule has 1 aliphatic heterocycles. The van der Waals surface area contributed by atoms with Crippen LogP contribution < -0.4 is 14.2 Å². The van der Waals surface area contributed by atoms with E-state index in [9.17, 15) is 0 Å². The Morgan fingerprint density at radius 1 is 0.900 bits per heavy atom. The summed E-state index contributed by atoms with van der Waals surface area (Å²) in [5.41, 5.74) is 2.72. The zero-order valence-corrected chi connectivity index (χ0v) is 19.3. The second-order valence-electron chi connectivity index (χ2n) is 6.95. The fraction of sp³-hybridized carbons (Fsp3) is 0.130. The lowest BCUT2D eigenvalue weighted by molar-refractivity contribution is 0.171. The molecule has 30 heavy (non-hydrogen) atoms. The average Bonchev–Trinajstić information content (AvgIpc) is 3.04. The molecule has 0 amide bonds. The van der Waals surface area contributed by atoms with Crippen molar-refractivity contribution in [2.45, 2.75) is 6.23 Å². The molecule has 1 aromatic heterocycles. The summed E-state index contributed by atoms with van der Waals surface area (Å²) in [5, 5.41) is 0.526. The number of hydrogen-bond acceptors (Lipinski definition) is 3. The van der Waals surface area contributed by atoms with Crippen molar-refractivity contribution in [3.8, 4) is 28.5 Å². The van der Waals surface area contributed by atoms with Crippen molar-refractivity contribution in [1.82, 2.24) is 4.57 Å². The van der Waals surface area contributed by atoms with E-state index in [0.29, 0.717) is 33.9 Å². The van der Waals surface area contributed by atoms with Crippen molar-refractivity contribution in [3.05, 3.63) is 74.9 Å². The number of halogens is 3. The Morgan fingerprint density at radius 2 is 1.57 bits per heavy atom. The first-order chi connectivity index (χ1) is 14.5. The maximum atomic E-state index is 15.7. The molecule has 2 heterocycles. The zero-order valence-electron chi connectivity index (χ0n) is 16.1. The molecule has 0 radical (unpaired) electrons. The van der Waals surface area contributed by atoms with Gasteiger partial charge in [0, 0.05) is 31.5 Å². The molecule has 0 saturated carbocycles. The van der Waals surface area contributed by atoms with Gasteiger partial charge in [0.15, 0.2) is 5.82 Å². The first kappa shape index (κ1) is 19.5. The average molecular weight is 533 g/mol. The monoisotopic (exact) mass is 531 g/mol. The predicted octanol–water partition coefficient (Wildman–Crippen LogP) is 6.93. The summed E-state index contributed by atoms with van der Waals surface area (Å²) in [6, 6.07) is 16.7. The van der Waals surface area contributed by atoms with Crippen molar-refractivity contribution < 1.29 is 18.6 Å². The number of hydrogen-bond donors (Lipinski definition) is 0. The number of benzene rings is 3. The Hall–Kier alpha value is -2.51. The third kappa shape index (κ3) is 2.99. The van der Waals surface area contributed by atoms with Gasteiger partial charge >= 0.3 is 0 Å². The first-order valence-corrected chi connectivity index (χ1v) is 10.8. The summed E-state index contributed by atoms with van der Waals surface area (Å²) in [7, 11) is 3.20. The van der Waals surface area contributed by atoms with E-state index in [1.807, 2.05) is 47.0 Å². The summed E-state index contributed by atoms with van der Waals surface area (Å²) in [6.07, 6.45) is -0.598. The number of fused-ring (bicyclic) bond motifs is 5. The Labute approximate surface area is 189 Å². The molecule has 0 bridgehead atoms. The van der Waals surface area contributed by atoms with Gasteiger partial charge in [0.05, 0.1) is 25.4 Å². The van der Waals surface area contributed by atoms with Gasteiger partial charge in [0.1, 0.15) is 17.2 Å². The van der Waals surface area contributed by atoms with Crippen LogP contribution in [0, 0.1) is 5.82 Å². The standard InChI is InChI=1S/C23H16Br2FNO3/c1-28-15-7-12(8-16(11-15)29-2)23-27-19-6-4-13(24)9-18(19)21(26)22(27)17-5-3-14(25)10-20(17)30-23/h3-11,23H,1-2H3. The van der Waals surface area contributed by atoms with Crippen molar-refractivity contribution in [2.24, 2.45) is 0 Å². The second-order valence-corrected chi connectivity index (χ2v) is 8.78. The SMILES string of the molecule is COc1cc(OC)cc(C2Oc3cc(Br)ccc3-c3c(F)c4cc(Br)ccc4n32)c1. The van der Waals surface area contributed by atoms with Crippen LogP contribution in [-0.4, -0.2) is 18.8 Å². The number of nitrogens with zero attached hydrogens (tertiary/aromatic N) is 1. The van der Waals surface area contributed by atoms with Crippen LogP contribution in [0.5, 0.6) is 17.2 Å². The fourth-order valence-corrected chi connectivity index (χ4v) is 4.59. The van der Waals surface area contributed by atoms with Crippen LogP contribution in [0.3, 0.4) is 0 Å². The number of aromatic nitrogens is 1. The molecule has 5 rings (SSSR count). The van der Waals surface area contributed by atoms with Crippen LogP contribution in [-0.2, 0) is 0 Å². The first-order valence-electron chi connectivity index (χ1n) is 9.18. The Bertz CT molecular complexity index is 1280. The van der Waals surface area contributed by atoms with Gasteiger partial charge in [-0.15, -0.1) is 0 Å². The van der Waals surface area contributed by atoms with Gasteiger partial charge in [-0.25, -0.2) is 4.39 Å². The van der Waals surface area contributed by atoms with Crippen LogP contribution in [0.2, 0.25) is 0 Å². The highest BCUT2D eigenvalue weighted by molar-refractivity contribution is 9.10. The number of methoxy groups -OCH3 is 2. The molecule has 3 aromatic carbocycles. The van der Waals surface area contributed by atoms with Gasteiger partial charge in [-0.2, -0.15) is 0 Å². The Balaban J connectivity index is 1.84. The highest BCUT2D eigenvalue weighted by Gasteiger charge is 2.33. The van der Waals surface area contributed by atoms with Gasteiger partial charge in [-0.05, 0) is 48.5 Å². The molecular weight excluding hydrogens is 517 g/mol. The lowest BCUT2D eigenvalue weighted by atomic mass is 10.1. The molecule has 0 fully saturated rings. The lowest BCUT2D eigenvalue weighted by Crippen LogP contribution is -2.22. The normalized spacial score (nSPS) is 14.8. The van der Waals surface area contributed by atoms with Crippen molar-refractivity contribution in [3.63, 3.8) is 0 Å². The molecule has 4 nitrogen and oxygen atoms in total. The van der Waals surface area contributed by atoms with E-state index < -0.39 is 6.23 Å². The molecular formula is C23H16Br2FNO3. The van der Waals surface area contributed by atoms with Crippen LogP contribution >= 0.6 is 31.9 Å². The van der Waals surface area contributed by atoms with Crippen LogP contribution in [0.4, 0.5) is 4.39 Å². The highest BCUT2D eigenvalue weighted by Crippen LogP contribution is 2.47. The van der Waals surface area contributed by atoms with Crippen molar-refractivity contribution >= 4 is 42.8 Å². The van der Waals surface area contributed by atoms with Gasteiger partial charge in [-0.1, -0.05) is 31.9 Å². The van der Waals surface area contributed by atoms with Gasteiger partial charge in [0.25, 0.3) is 0 Å². The van der Waals surface area contributed by atoms with E-state index in [-0.39, 0.29) is 5.82 Å². The third-order valence-electron chi connectivity index (χ3n) is 5.23. The van der Waals surface area contributed by atoms with E-state index in [1.54, 1.807) is 26.4 Å². The molecule has 1 atom stereocenters. The largest absolute Gasteiger partial charge is 0.497 e. The summed E-state index contributed by atoms with van der Waals surface area (Å²) in [4.78, 5) is 0. The van der Waals surface area contributed by atoms with Crippen molar-refractivity contribution in [2.75, 3.05) is 14.2 Å². The van der Waals surface area contributed by atoms with E-state index in [1.165, 1.54) is 0 Å². The van der Waals surface area contributed by atoms with E-state index in [2.05, 4.69) is 31.9 Å². The molecule has 1 unspecified atom stereocenters. The molecule has 0 saturated heterocycles.